The normalized spacial score (nSPS) is 17.8. The van der Waals surface area contributed by atoms with Gasteiger partial charge in [-0.05, 0) is 55.4 Å². The molecular weight excluding hydrogens is 346 g/mol. The van der Waals surface area contributed by atoms with E-state index < -0.39 is 10.0 Å². The van der Waals surface area contributed by atoms with Crippen molar-refractivity contribution in [2.45, 2.75) is 68.7 Å². The smallest absolute Gasteiger partial charge is 0.240 e. The van der Waals surface area contributed by atoms with Crippen LogP contribution in [0.5, 0.6) is 0 Å². The molecule has 2 aliphatic rings. The molecule has 2 fully saturated rings. The van der Waals surface area contributed by atoms with Crippen LogP contribution in [0, 0.1) is 0 Å². The van der Waals surface area contributed by atoms with Gasteiger partial charge in [-0.2, -0.15) is 5.10 Å². The van der Waals surface area contributed by atoms with Crippen LogP contribution in [0.1, 0.15) is 74.2 Å². The summed E-state index contributed by atoms with van der Waals surface area (Å²) in [6, 6.07) is 9.40. The Balaban J connectivity index is 1.40. The number of hydrogen-bond acceptors (Lipinski definition) is 3. The van der Waals surface area contributed by atoms with Gasteiger partial charge in [-0.25, -0.2) is 13.1 Å². The van der Waals surface area contributed by atoms with E-state index in [4.69, 9.17) is 5.10 Å². The molecule has 2 saturated carbocycles. The van der Waals surface area contributed by atoms with Crippen LogP contribution in [0.4, 0.5) is 0 Å². The lowest BCUT2D eigenvalue weighted by atomic mass is 10.0. The average Bonchev–Trinajstić information content (AvgIpc) is 3.53. The molecule has 1 aromatic heterocycles. The number of nitrogens with one attached hydrogen (secondary N) is 1. The maximum atomic E-state index is 12.5. The molecule has 1 aromatic carbocycles. The van der Waals surface area contributed by atoms with E-state index in [1.54, 1.807) is 12.1 Å². The summed E-state index contributed by atoms with van der Waals surface area (Å²) in [7, 11) is -3.48. The topological polar surface area (TPSA) is 64.0 Å². The summed E-state index contributed by atoms with van der Waals surface area (Å²) in [5.74, 6) is 1.64. The van der Waals surface area contributed by atoms with Crippen molar-refractivity contribution in [2.75, 3.05) is 6.54 Å². The molecule has 5 nitrogen and oxygen atoms in total. The summed E-state index contributed by atoms with van der Waals surface area (Å²) in [4.78, 5) is 0.323. The van der Waals surface area contributed by atoms with Crippen LogP contribution >= 0.6 is 0 Å². The molecular formula is C20H27N3O2S. The predicted octanol–water partition coefficient (Wildman–Crippen LogP) is 3.74. The fourth-order valence-electron chi connectivity index (χ4n) is 3.32. The number of hydrogen-bond donors (Lipinski definition) is 1. The van der Waals surface area contributed by atoms with Crippen LogP contribution in [0.2, 0.25) is 0 Å². The zero-order chi connectivity index (χ0) is 18.3. The minimum absolute atomic E-state index is 0.323. The molecule has 0 atom stereocenters. The first-order valence-electron chi connectivity index (χ1n) is 9.61. The first-order chi connectivity index (χ1) is 12.4. The maximum absolute atomic E-state index is 12.5. The summed E-state index contributed by atoms with van der Waals surface area (Å²) >= 11 is 0. The SMILES string of the molecule is CC(C)c1ccc(S(=O)(=O)NCCn2nc(C3CC3)cc2C2CC2)cc1. The van der Waals surface area contributed by atoms with Gasteiger partial charge in [0.25, 0.3) is 0 Å². The van der Waals surface area contributed by atoms with Gasteiger partial charge >= 0.3 is 0 Å². The lowest BCUT2D eigenvalue weighted by molar-refractivity contribution is 0.548. The van der Waals surface area contributed by atoms with Gasteiger partial charge in [0.05, 0.1) is 17.1 Å². The summed E-state index contributed by atoms with van der Waals surface area (Å²) in [5, 5.41) is 4.74. The van der Waals surface area contributed by atoms with Crippen molar-refractivity contribution in [1.29, 1.82) is 0 Å². The Kier molecular flexibility index (Phi) is 4.65. The van der Waals surface area contributed by atoms with Crippen molar-refractivity contribution in [2.24, 2.45) is 0 Å². The predicted molar refractivity (Wildman–Crippen MR) is 102 cm³/mol. The van der Waals surface area contributed by atoms with Crippen molar-refractivity contribution < 1.29 is 8.42 Å². The Morgan fingerprint density at radius 1 is 1.12 bits per heavy atom. The molecule has 140 valence electrons. The highest BCUT2D eigenvalue weighted by atomic mass is 32.2. The van der Waals surface area contributed by atoms with Gasteiger partial charge in [0.2, 0.25) is 10.0 Å². The van der Waals surface area contributed by atoms with Gasteiger partial charge in [-0.1, -0.05) is 26.0 Å². The van der Waals surface area contributed by atoms with Crippen molar-refractivity contribution in [3.63, 3.8) is 0 Å². The van der Waals surface area contributed by atoms with Gasteiger partial charge in [0, 0.05) is 24.1 Å². The van der Waals surface area contributed by atoms with E-state index >= 15 is 0 Å². The minimum Gasteiger partial charge on any atom is -0.268 e. The zero-order valence-electron chi connectivity index (χ0n) is 15.5. The van der Waals surface area contributed by atoms with E-state index in [1.807, 2.05) is 16.8 Å². The second-order valence-corrected chi connectivity index (χ2v) is 9.65. The molecule has 0 bridgehead atoms. The van der Waals surface area contributed by atoms with E-state index in [1.165, 1.54) is 37.1 Å². The van der Waals surface area contributed by atoms with E-state index in [0.717, 1.165) is 5.56 Å². The Morgan fingerprint density at radius 2 is 1.77 bits per heavy atom. The molecule has 0 amide bonds. The molecule has 2 aliphatic carbocycles. The number of sulfonamides is 1. The third-order valence-electron chi connectivity index (χ3n) is 5.29. The quantitative estimate of drug-likeness (QED) is 0.767. The first-order valence-corrected chi connectivity index (χ1v) is 11.1. The Bertz CT molecular complexity index is 876. The number of benzene rings is 1. The maximum Gasteiger partial charge on any atom is 0.240 e. The first kappa shape index (κ1) is 17.7. The lowest BCUT2D eigenvalue weighted by Crippen LogP contribution is -2.28. The van der Waals surface area contributed by atoms with Crippen LogP contribution in [0.25, 0.3) is 0 Å². The molecule has 0 saturated heterocycles. The standard InChI is InChI=1S/C20H27N3O2S/c1-14(2)15-7-9-18(10-8-15)26(24,25)21-11-12-23-20(17-5-6-17)13-19(22-23)16-3-4-16/h7-10,13-14,16-17,21H,3-6,11-12H2,1-2H3. The third kappa shape index (κ3) is 3.86. The zero-order valence-corrected chi connectivity index (χ0v) is 16.3. The fraction of sp³-hybridized carbons (Fsp3) is 0.550. The Morgan fingerprint density at radius 3 is 2.35 bits per heavy atom. The number of aromatic nitrogens is 2. The molecule has 1 N–H and O–H groups in total. The molecule has 0 aliphatic heterocycles. The number of nitrogens with zero attached hydrogens (tertiary/aromatic N) is 2. The molecule has 0 spiro atoms. The Labute approximate surface area is 155 Å². The monoisotopic (exact) mass is 373 g/mol. The van der Waals surface area contributed by atoms with Crippen molar-refractivity contribution in [3.05, 3.63) is 47.3 Å². The third-order valence-corrected chi connectivity index (χ3v) is 6.77. The molecule has 6 heteroatoms. The van der Waals surface area contributed by atoms with Gasteiger partial charge < -0.3 is 0 Å². The number of rotatable bonds is 8. The van der Waals surface area contributed by atoms with Crippen LogP contribution in [-0.2, 0) is 16.6 Å². The van der Waals surface area contributed by atoms with Gasteiger partial charge in [-0.15, -0.1) is 0 Å². The molecule has 26 heavy (non-hydrogen) atoms. The minimum atomic E-state index is -3.48. The van der Waals surface area contributed by atoms with Gasteiger partial charge in [-0.3, -0.25) is 4.68 Å². The highest BCUT2D eigenvalue weighted by Crippen LogP contribution is 2.44. The largest absolute Gasteiger partial charge is 0.268 e. The van der Waals surface area contributed by atoms with E-state index in [2.05, 4.69) is 24.6 Å². The van der Waals surface area contributed by atoms with Crippen molar-refractivity contribution >= 4 is 10.0 Å². The summed E-state index contributed by atoms with van der Waals surface area (Å²) in [6.07, 6.45) is 4.92. The Hall–Kier alpha value is -1.66. The van der Waals surface area contributed by atoms with Crippen LogP contribution in [-0.4, -0.2) is 24.7 Å². The molecule has 1 heterocycles. The van der Waals surface area contributed by atoms with Crippen LogP contribution < -0.4 is 4.72 Å². The van der Waals surface area contributed by atoms with Crippen molar-refractivity contribution in [1.82, 2.24) is 14.5 Å². The highest BCUT2D eigenvalue weighted by molar-refractivity contribution is 7.89. The van der Waals surface area contributed by atoms with Crippen LogP contribution in [0.3, 0.4) is 0 Å². The second kappa shape index (κ2) is 6.82. The fourth-order valence-corrected chi connectivity index (χ4v) is 4.34. The molecule has 0 unspecified atom stereocenters. The van der Waals surface area contributed by atoms with Gasteiger partial charge in [0.15, 0.2) is 0 Å². The van der Waals surface area contributed by atoms with E-state index in [0.29, 0.717) is 35.7 Å². The second-order valence-electron chi connectivity index (χ2n) is 7.89. The van der Waals surface area contributed by atoms with E-state index in [9.17, 15) is 8.42 Å². The van der Waals surface area contributed by atoms with Gasteiger partial charge in [0.1, 0.15) is 0 Å². The van der Waals surface area contributed by atoms with E-state index in [-0.39, 0.29) is 0 Å². The average molecular weight is 374 g/mol. The lowest BCUT2D eigenvalue weighted by Gasteiger charge is -2.10. The van der Waals surface area contributed by atoms with Crippen molar-refractivity contribution in [3.8, 4) is 0 Å². The summed E-state index contributed by atoms with van der Waals surface area (Å²) < 4.78 is 29.8. The molecule has 0 radical (unpaired) electrons. The highest BCUT2D eigenvalue weighted by Gasteiger charge is 2.32. The molecule has 4 rings (SSSR count). The molecule has 2 aromatic rings. The van der Waals surface area contributed by atoms with Crippen LogP contribution in [0.15, 0.2) is 35.2 Å². The summed E-state index contributed by atoms with van der Waals surface area (Å²) in [6.45, 7) is 5.14. The summed E-state index contributed by atoms with van der Waals surface area (Å²) in [5.41, 5.74) is 3.62.